The van der Waals surface area contributed by atoms with Crippen molar-refractivity contribution in [1.82, 2.24) is 15.2 Å². The number of likely N-dealkylation sites (tertiary alicyclic amines) is 1. The number of amides is 1. The molecule has 2 heterocycles. The van der Waals surface area contributed by atoms with E-state index in [4.69, 9.17) is 0 Å². The molecule has 0 spiro atoms. The zero-order valence-corrected chi connectivity index (χ0v) is 14.1. The van der Waals surface area contributed by atoms with Gasteiger partial charge in [-0.3, -0.25) is 9.69 Å². The van der Waals surface area contributed by atoms with Gasteiger partial charge < -0.3 is 10.6 Å². The summed E-state index contributed by atoms with van der Waals surface area (Å²) in [6.07, 6.45) is 2.82. The number of hydrogen-bond acceptors (Lipinski definition) is 4. The highest BCUT2D eigenvalue weighted by Crippen LogP contribution is 2.16. The fraction of sp³-hybridized carbons (Fsp3) is 0.368. The second-order valence-corrected chi connectivity index (χ2v) is 6.35. The molecule has 1 aliphatic rings. The van der Waals surface area contributed by atoms with Gasteiger partial charge in [0.1, 0.15) is 11.6 Å². The Morgan fingerprint density at radius 2 is 2.08 bits per heavy atom. The van der Waals surface area contributed by atoms with Gasteiger partial charge in [0.2, 0.25) is 5.91 Å². The summed E-state index contributed by atoms with van der Waals surface area (Å²) in [4.78, 5) is 18.5. The molecule has 25 heavy (non-hydrogen) atoms. The molecule has 6 heteroatoms. The zero-order valence-electron chi connectivity index (χ0n) is 14.1. The quantitative estimate of drug-likeness (QED) is 0.810. The monoisotopic (exact) mass is 342 g/mol. The molecule has 1 aromatic carbocycles. The number of rotatable bonds is 7. The fourth-order valence-corrected chi connectivity index (χ4v) is 3.03. The van der Waals surface area contributed by atoms with Gasteiger partial charge in [0.05, 0.1) is 6.54 Å². The normalized spacial score (nSPS) is 17.4. The van der Waals surface area contributed by atoms with E-state index in [9.17, 15) is 9.18 Å². The van der Waals surface area contributed by atoms with Gasteiger partial charge >= 0.3 is 0 Å². The van der Waals surface area contributed by atoms with Crippen molar-refractivity contribution < 1.29 is 9.18 Å². The number of hydrogen-bond donors (Lipinski definition) is 2. The van der Waals surface area contributed by atoms with Crippen LogP contribution in [0.1, 0.15) is 12.0 Å². The summed E-state index contributed by atoms with van der Waals surface area (Å²) in [5.74, 6) is 1.02. The van der Waals surface area contributed by atoms with E-state index in [1.807, 2.05) is 18.2 Å². The second kappa shape index (κ2) is 8.58. The van der Waals surface area contributed by atoms with E-state index in [1.165, 1.54) is 6.07 Å². The average Bonchev–Trinajstić information content (AvgIpc) is 3.07. The van der Waals surface area contributed by atoms with Crippen LogP contribution >= 0.6 is 0 Å². The largest absolute Gasteiger partial charge is 0.370 e. The molecule has 1 saturated heterocycles. The Morgan fingerprint density at radius 3 is 2.88 bits per heavy atom. The van der Waals surface area contributed by atoms with Crippen LogP contribution in [0, 0.1) is 11.7 Å². The second-order valence-electron chi connectivity index (χ2n) is 6.35. The van der Waals surface area contributed by atoms with Gasteiger partial charge in [-0.05, 0) is 37.1 Å². The fourth-order valence-electron chi connectivity index (χ4n) is 3.03. The number of aromatic nitrogens is 1. The van der Waals surface area contributed by atoms with E-state index < -0.39 is 0 Å². The number of nitrogens with one attached hydrogen (secondary N) is 2. The number of carbonyl (C=O) groups excluding carboxylic acids is 1. The Morgan fingerprint density at radius 1 is 1.24 bits per heavy atom. The van der Waals surface area contributed by atoms with Crippen molar-refractivity contribution in [3.63, 3.8) is 0 Å². The van der Waals surface area contributed by atoms with Crippen molar-refractivity contribution in [2.24, 2.45) is 5.92 Å². The van der Waals surface area contributed by atoms with Crippen LogP contribution in [0.15, 0.2) is 48.7 Å². The van der Waals surface area contributed by atoms with Crippen molar-refractivity contribution in [2.45, 2.75) is 13.0 Å². The standard InChI is InChI=1S/C19H23FN4O/c20-17-6-2-1-5-16(17)12-23-19(25)14-24-10-8-15(13-24)11-22-18-7-3-4-9-21-18/h1-7,9,15H,8,10-14H2,(H,21,22)(H,23,25). The summed E-state index contributed by atoms with van der Waals surface area (Å²) in [6, 6.07) is 12.3. The van der Waals surface area contributed by atoms with Crippen molar-refractivity contribution in [2.75, 3.05) is 31.5 Å². The Kier molecular flexibility index (Phi) is 5.95. The predicted octanol–water partition coefficient (Wildman–Crippen LogP) is 2.27. The van der Waals surface area contributed by atoms with Gasteiger partial charge in [-0.15, -0.1) is 0 Å². The zero-order chi connectivity index (χ0) is 17.5. The maximum absolute atomic E-state index is 13.5. The van der Waals surface area contributed by atoms with Gasteiger partial charge in [0, 0.05) is 31.4 Å². The summed E-state index contributed by atoms with van der Waals surface area (Å²) in [7, 11) is 0. The van der Waals surface area contributed by atoms with E-state index >= 15 is 0 Å². The molecule has 3 rings (SSSR count). The molecule has 1 fully saturated rings. The summed E-state index contributed by atoms with van der Waals surface area (Å²) in [5, 5.41) is 6.13. The van der Waals surface area contributed by atoms with Gasteiger partial charge in [0.15, 0.2) is 0 Å². The molecular weight excluding hydrogens is 319 g/mol. The highest BCUT2D eigenvalue weighted by Gasteiger charge is 2.23. The van der Waals surface area contributed by atoms with Gasteiger partial charge in [-0.1, -0.05) is 24.3 Å². The first kappa shape index (κ1) is 17.4. The van der Waals surface area contributed by atoms with Crippen molar-refractivity contribution in [3.05, 3.63) is 60.0 Å². The first-order chi connectivity index (χ1) is 12.2. The Hall–Kier alpha value is -2.47. The third-order valence-corrected chi connectivity index (χ3v) is 4.41. The maximum Gasteiger partial charge on any atom is 0.234 e. The van der Waals surface area contributed by atoms with Crippen LogP contribution in [0.25, 0.3) is 0 Å². The minimum absolute atomic E-state index is 0.0680. The lowest BCUT2D eigenvalue weighted by Crippen LogP contribution is -2.36. The van der Waals surface area contributed by atoms with Gasteiger partial charge in [-0.2, -0.15) is 0 Å². The SMILES string of the molecule is O=C(CN1CCC(CNc2ccccn2)C1)NCc1ccccc1F. The van der Waals surface area contributed by atoms with E-state index in [-0.39, 0.29) is 18.3 Å². The molecule has 0 bridgehead atoms. The van der Waals surface area contributed by atoms with Gasteiger partial charge in [0.25, 0.3) is 0 Å². The third-order valence-electron chi connectivity index (χ3n) is 4.41. The Labute approximate surface area is 147 Å². The van der Waals surface area contributed by atoms with Gasteiger partial charge in [-0.25, -0.2) is 9.37 Å². The molecule has 1 aliphatic heterocycles. The lowest BCUT2D eigenvalue weighted by atomic mass is 10.1. The lowest BCUT2D eigenvalue weighted by Gasteiger charge is -2.16. The summed E-state index contributed by atoms with van der Waals surface area (Å²) in [6.45, 7) is 3.22. The number of carbonyl (C=O) groups is 1. The smallest absolute Gasteiger partial charge is 0.234 e. The van der Waals surface area contributed by atoms with E-state index in [1.54, 1.807) is 24.4 Å². The van der Waals surface area contributed by atoms with Crippen LogP contribution in [-0.4, -0.2) is 42.0 Å². The maximum atomic E-state index is 13.5. The summed E-state index contributed by atoms with van der Waals surface area (Å²) >= 11 is 0. The van der Waals surface area contributed by atoms with E-state index in [2.05, 4.69) is 20.5 Å². The first-order valence-electron chi connectivity index (χ1n) is 8.58. The van der Waals surface area contributed by atoms with Crippen LogP contribution in [-0.2, 0) is 11.3 Å². The molecule has 2 aromatic rings. The third kappa shape index (κ3) is 5.26. The molecule has 0 radical (unpaired) electrons. The number of nitrogens with zero attached hydrogens (tertiary/aromatic N) is 2. The van der Waals surface area contributed by atoms with E-state index in [0.29, 0.717) is 18.0 Å². The van der Waals surface area contributed by atoms with E-state index in [0.717, 1.165) is 31.9 Å². The summed E-state index contributed by atoms with van der Waals surface area (Å²) < 4.78 is 13.5. The lowest BCUT2D eigenvalue weighted by molar-refractivity contribution is -0.122. The minimum atomic E-state index is -0.287. The average molecular weight is 342 g/mol. The molecule has 1 unspecified atom stereocenters. The molecular formula is C19H23FN4O. The van der Waals surface area contributed by atoms with Crippen LogP contribution in [0.3, 0.4) is 0 Å². The highest BCUT2D eigenvalue weighted by molar-refractivity contribution is 5.78. The molecule has 0 saturated carbocycles. The molecule has 2 N–H and O–H groups in total. The molecule has 1 atom stereocenters. The van der Waals surface area contributed by atoms with Crippen LogP contribution in [0.5, 0.6) is 0 Å². The Balaban J connectivity index is 1.37. The molecule has 0 aliphatic carbocycles. The molecule has 132 valence electrons. The number of benzene rings is 1. The number of halogens is 1. The van der Waals surface area contributed by atoms with Crippen LogP contribution in [0.4, 0.5) is 10.2 Å². The van der Waals surface area contributed by atoms with Crippen LogP contribution in [0.2, 0.25) is 0 Å². The predicted molar refractivity (Wildman–Crippen MR) is 95.5 cm³/mol. The minimum Gasteiger partial charge on any atom is -0.370 e. The van der Waals surface area contributed by atoms with Crippen molar-refractivity contribution >= 4 is 11.7 Å². The first-order valence-corrected chi connectivity index (χ1v) is 8.58. The van der Waals surface area contributed by atoms with Crippen molar-refractivity contribution in [1.29, 1.82) is 0 Å². The highest BCUT2D eigenvalue weighted by atomic mass is 19.1. The van der Waals surface area contributed by atoms with Crippen molar-refractivity contribution in [3.8, 4) is 0 Å². The number of pyridine rings is 1. The Bertz CT molecular complexity index is 695. The number of anilines is 1. The van der Waals surface area contributed by atoms with Crippen LogP contribution < -0.4 is 10.6 Å². The molecule has 1 aromatic heterocycles. The topological polar surface area (TPSA) is 57.3 Å². The molecule has 5 nitrogen and oxygen atoms in total. The molecule has 1 amide bonds. The summed E-state index contributed by atoms with van der Waals surface area (Å²) in [5.41, 5.74) is 0.509.